The first-order valence-corrected chi connectivity index (χ1v) is 8.27. The fourth-order valence-electron chi connectivity index (χ4n) is 2.66. The van der Waals surface area contributed by atoms with Crippen LogP contribution in [0.25, 0.3) is 10.8 Å². The monoisotopic (exact) mass is 336 g/mol. The van der Waals surface area contributed by atoms with Crippen LogP contribution >= 0.6 is 12.2 Å². The number of methoxy groups -OCH3 is 1. The predicted molar refractivity (Wildman–Crippen MR) is 105 cm³/mol. The lowest BCUT2D eigenvalue weighted by Gasteiger charge is -2.19. The van der Waals surface area contributed by atoms with Crippen molar-refractivity contribution >= 4 is 33.8 Å². The molecule has 0 spiro atoms. The molecular weight excluding hydrogens is 316 g/mol. The SMILES string of the molecule is COc1ccccc1NC(=S)N[C@@H](C)c1ccc2ccccc2c1. The molecule has 0 unspecified atom stereocenters. The van der Waals surface area contributed by atoms with Crippen LogP contribution in [0.15, 0.2) is 66.7 Å². The van der Waals surface area contributed by atoms with Crippen molar-refractivity contribution in [1.82, 2.24) is 5.32 Å². The van der Waals surface area contributed by atoms with Crippen LogP contribution in [-0.4, -0.2) is 12.2 Å². The summed E-state index contributed by atoms with van der Waals surface area (Å²) >= 11 is 5.44. The zero-order valence-electron chi connectivity index (χ0n) is 13.7. The third kappa shape index (κ3) is 3.66. The smallest absolute Gasteiger partial charge is 0.171 e. The predicted octanol–water partition coefficient (Wildman–Crippen LogP) is 4.90. The van der Waals surface area contributed by atoms with E-state index in [1.807, 2.05) is 24.3 Å². The van der Waals surface area contributed by atoms with Gasteiger partial charge in [0.2, 0.25) is 0 Å². The van der Waals surface area contributed by atoms with Crippen LogP contribution in [0.3, 0.4) is 0 Å². The molecule has 0 saturated carbocycles. The number of ether oxygens (including phenoxy) is 1. The number of fused-ring (bicyclic) bond motifs is 1. The average molecular weight is 336 g/mol. The van der Waals surface area contributed by atoms with E-state index in [1.165, 1.54) is 16.3 Å². The summed E-state index contributed by atoms with van der Waals surface area (Å²) < 4.78 is 5.33. The molecule has 0 fully saturated rings. The van der Waals surface area contributed by atoms with Crippen molar-refractivity contribution in [1.29, 1.82) is 0 Å². The molecule has 0 aliphatic heterocycles. The Bertz CT molecular complexity index is 863. The van der Waals surface area contributed by atoms with Gasteiger partial charge in [-0.25, -0.2) is 0 Å². The molecule has 3 aromatic carbocycles. The van der Waals surface area contributed by atoms with Crippen LogP contribution in [0.5, 0.6) is 5.75 Å². The molecule has 24 heavy (non-hydrogen) atoms. The first-order chi connectivity index (χ1) is 11.7. The molecule has 122 valence electrons. The van der Waals surface area contributed by atoms with Gasteiger partial charge in [-0.15, -0.1) is 0 Å². The van der Waals surface area contributed by atoms with Crippen molar-refractivity contribution in [3.8, 4) is 5.75 Å². The lowest BCUT2D eigenvalue weighted by Crippen LogP contribution is -2.31. The second-order valence-electron chi connectivity index (χ2n) is 5.63. The summed E-state index contributed by atoms with van der Waals surface area (Å²) in [5.41, 5.74) is 2.04. The number of hydrogen-bond donors (Lipinski definition) is 2. The lowest BCUT2D eigenvalue weighted by atomic mass is 10.0. The Labute approximate surface area is 147 Å². The maximum atomic E-state index is 5.44. The standard InChI is InChI=1S/C20H20N2OS/c1-14(16-12-11-15-7-3-4-8-17(15)13-16)21-20(24)22-18-9-5-6-10-19(18)23-2/h3-14H,1-2H3,(H2,21,22,24)/t14-/m0/s1. The number of hydrogen-bond acceptors (Lipinski definition) is 2. The third-order valence-corrected chi connectivity index (χ3v) is 4.20. The fraction of sp³-hybridized carbons (Fsp3) is 0.150. The van der Waals surface area contributed by atoms with Gasteiger partial charge in [0.05, 0.1) is 18.8 Å². The maximum absolute atomic E-state index is 5.44. The number of para-hydroxylation sites is 2. The molecule has 3 nitrogen and oxygen atoms in total. The molecule has 1 atom stereocenters. The summed E-state index contributed by atoms with van der Waals surface area (Å²) in [6.45, 7) is 2.10. The molecule has 0 saturated heterocycles. The molecule has 0 aliphatic rings. The van der Waals surface area contributed by atoms with Gasteiger partial charge in [0.1, 0.15) is 5.75 Å². The van der Waals surface area contributed by atoms with E-state index in [1.54, 1.807) is 7.11 Å². The summed E-state index contributed by atoms with van der Waals surface area (Å²) in [7, 11) is 1.65. The Morgan fingerprint density at radius 2 is 1.67 bits per heavy atom. The van der Waals surface area contributed by atoms with E-state index in [2.05, 4.69) is 60.0 Å². The Morgan fingerprint density at radius 3 is 2.46 bits per heavy atom. The van der Waals surface area contributed by atoms with E-state index in [0.29, 0.717) is 5.11 Å². The number of rotatable bonds is 4. The molecule has 0 amide bonds. The van der Waals surface area contributed by atoms with Gasteiger partial charge in [-0.05, 0) is 53.7 Å². The first kappa shape index (κ1) is 16.3. The highest BCUT2D eigenvalue weighted by Gasteiger charge is 2.09. The van der Waals surface area contributed by atoms with Gasteiger partial charge in [-0.2, -0.15) is 0 Å². The summed E-state index contributed by atoms with van der Waals surface area (Å²) in [5.74, 6) is 0.764. The number of anilines is 1. The third-order valence-electron chi connectivity index (χ3n) is 3.98. The summed E-state index contributed by atoms with van der Waals surface area (Å²) in [4.78, 5) is 0. The minimum absolute atomic E-state index is 0.101. The van der Waals surface area contributed by atoms with Gasteiger partial charge in [0.25, 0.3) is 0 Å². The van der Waals surface area contributed by atoms with E-state index in [0.717, 1.165) is 11.4 Å². The molecule has 0 aliphatic carbocycles. The molecule has 4 heteroatoms. The van der Waals surface area contributed by atoms with Crippen LogP contribution in [-0.2, 0) is 0 Å². The topological polar surface area (TPSA) is 33.3 Å². The highest BCUT2D eigenvalue weighted by molar-refractivity contribution is 7.80. The van der Waals surface area contributed by atoms with Crippen molar-refractivity contribution in [2.24, 2.45) is 0 Å². The molecule has 2 N–H and O–H groups in total. The van der Waals surface area contributed by atoms with E-state index < -0.39 is 0 Å². The quantitative estimate of drug-likeness (QED) is 0.664. The summed E-state index contributed by atoms with van der Waals surface area (Å²) in [6.07, 6.45) is 0. The van der Waals surface area contributed by atoms with Gasteiger partial charge >= 0.3 is 0 Å². The molecule has 0 bridgehead atoms. The van der Waals surface area contributed by atoms with Gasteiger partial charge in [-0.1, -0.05) is 48.5 Å². The van der Waals surface area contributed by atoms with E-state index in [4.69, 9.17) is 17.0 Å². The maximum Gasteiger partial charge on any atom is 0.171 e. The van der Waals surface area contributed by atoms with Crippen molar-refractivity contribution in [2.75, 3.05) is 12.4 Å². The van der Waals surface area contributed by atoms with Crippen LogP contribution in [0, 0.1) is 0 Å². The molecule has 3 aromatic rings. The van der Waals surface area contributed by atoms with Gasteiger partial charge in [0, 0.05) is 0 Å². The molecule has 3 rings (SSSR count). The zero-order chi connectivity index (χ0) is 16.9. The normalized spacial score (nSPS) is 11.8. The molecule has 0 aromatic heterocycles. The van der Waals surface area contributed by atoms with Crippen LogP contribution < -0.4 is 15.4 Å². The summed E-state index contributed by atoms with van der Waals surface area (Å²) in [5, 5.41) is 9.56. The summed E-state index contributed by atoms with van der Waals surface area (Å²) in [6, 6.07) is 22.6. The van der Waals surface area contributed by atoms with Crippen molar-refractivity contribution in [3.05, 3.63) is 72.3 Å². The number of thiocarbonyl (C=S) groups is 1. The average Bonchev–Trinajstić information content (AvgIpc) is 2.61. The van der Waals surface area contributed by atoms with E-state index in [-0.39, 0.29) is 6.04 Å². The molecular formula is C20H20N2OS. The first-order valence-electron chi connectivity index (χ1n) is 7.86. The van der Waals surface area contributed by atoms with Crippen LogP contribution in [0.2, 0.25) is 0 Å². The highest BCUT2D eigenvalue weighted by Crippen LogP contribution is 2.24. The highest BCUT2D eigenvalue weighted by atomic mass is 32.1. The molecule has 0 radical (unpaired) electrons. The van der Waals surface area contributed by atoms with E-state index in [9.17, 15) is 0 Å². The fourth-order valence-corrected chi connectivity index (χ4v) is 2.95. The Kier molecular flexibility index (Phi) is 4.96. The lowest BCUT2D eigenvalue weighted by molar-refractivity contribution is 0.417. The Morgan fingerprint density at radius 1 is 0.958 bits per heavy atom. The van der Waals surface area contributed by atoms with Gasteiger partial charge in [0.15, 0.2) is 5.11 Å². The Balaban J connectivity index is 1.71. The Hall–Kier alpha value is -2.59. The zero-order valence-corrected chi connectivity index (χ0v) is 14.6. The van der Waals surface area contributed by atoms with Crippen LogP contribution in [0.4, 0.5) is 5.69 Å². The minimum atomic E-state index is 0.101. The largest absolute Gasteiger partial charge is 0.495 e. The van der Waals surface area contributed by atoms with E-state index >= 15 is 0 Å². The molecule has 0 heterocycles. The minimum Gasteiger partial charge on any atom is -0.495 e. The number of benzene rings is 3. The number of nitrogens with one attached hydrogen (secondary N) is 2. The second-order valence-corrected chi connectivity index (χ2v) is 6.04. The van der Waals surface area contributed by atoms with Crippen molar-refractivity contribution in [3.63, 3.8) is 0 Å². The van der Waals surface area contributed by atoms with Crippen molar-refractivity contribution < 1.29 is 4.74 Å². The van der Waals surface area contributed by atoms with Gasteiger partial charge in [-0.3, -0.25) is 0 Å². The second kappa shape index (κ2) is 7.32. The van der Waals surface area contributed by atoms with Crippen LogP contribution in [0.1, 0.15) is 18.5 Å². The van der Waals surface area contributed by atoms with Gasteiger partial charge < -0.3 is 15.4 Å². The van der Waals surface area contributed by atoms with Crippen molar-refractivity contribution in [2.45, 2.75) is 13.0 Å².